The van der Waals surface area contributed by atoms with E-state index in [2.05, 4.69) is 0 Å². The molecule has 0 spiro atoms. The Morgan fingerprint density at radius 2 is 1.85 bits per heavy atom. The van der Waals surface area contributed by atoms with Crippen molar-refractivity contribution in [2.24, 2.45) is 5.92 Å². The van der Waals surface area contributed by atoms with Crippen molar-refractivity contribution in [3.05, 3.63) is 34.9 Å². The van der Waals surface area contributed by atoms with Gasteiger partial charge < -0.3 is 9.84 Å². The summed E-state index contributed by atoms with van der Waals surface area (Å²) in [6.07, 6.45) is 0.892. The molecule has 0 aliphatic rings. The summed E-state index contributed by atoms with van der Waals surface area (Å²) in [5, 5.41) is 10.0. The van der Waals surface area contributed by atoms with E-state index in [1.165, 1.54) is 0 Å². The van der Waals surface area contributed by atoms with Gasteiger partial charge in [0.25, 0.3) is 0 Å². The second-order valence-corrected chi connectivity index (χ2v) is 6.58. The molecule has 0 saturated carbocycles. The normalized spacial score (nSPS) is 14.8. The van der Waals surface area contributed by atoms with Crippen molar-refractivity contribution >= 4 is 17.6 Å². The molecule has 0 bridgehead atoms. The molecule has 1 rings (SSSR count). The van der Waals surface area contributed by atoms with Crippen LogP contribution >= 0.6 is 11.6 Å². The van der Waals surface area contributed by atoms with E-state index in [0.717, 1.165) is 5.56 Å². The van der Waals surface area contributed by atoms with Crippen molar-refractivity contribution in [2.75, 3.05) is 0 Å². The molecule has 0 aromatic heterocycles. The monoisotopic (exact) mass is 298 g/mol. The number of hydrogen-bond donors (Lipinski definition) is 1. The van der Waals surface area contributed by atoms with Crippen LogP contribution in [-0.4, -0.2) is 22.8 Å². The van der Waals surface area contributed by atoms with Gasteiger partial charge >= 0.3 is 5.97 Å². The fourth-order valence-electron chi connectivity index (χ4n) is 2.23. The van der Waals surface area contributed by atoms with E-state index in [9.17, 15) is 9.90 Å². The summed E-state index contributed by atoms with van der Waals surface area (Å²) in [5.41, 5.74) is 0.715. The average Bonchev–Trinajstić information content (AvgIpc) is 2.28. The molecule has 2 unspecified atom stereocenters. The lowest BCUT2D eigenvalue weighted by Gasteiger charge is -2.27. The van der Waals surface area contributed by atoms with Crippen molar-refractivity contribution in [2.45, 2.75) is 52.2 Å². The maximum Gasteiger partial charge on any atom is 0.306 e. The highest BCUT2D eigenvalue weighted by Crippen LogP contribution is 2.21. The van der Waals surface area contributed by atoms with Crippen molar-refractivity contribution < 1.29 is 14.6 Å². The maximum absolute atomic E-state index is 11.4. The van der Waals surface area contributed by atoms with E-state index in [1.54, 1.807) is 12.1 Å². The SMILES string of the molecule is CC(CC(Cc1ccc(Cl)cc1)C(=O)O)OC(C)(C)C. The molecule has 0 amide bonds. The van der Waals surface area contributed by atoms with Crippen LogP contribution in [0.25, 0.3) is 0 Å². The third-order valence-electron chi connectivity index (χ3n) is 2.92. The van der Waals surface area contributed by atoms with Gasteiger partial charge in [0.2, 0.25) is 0 Å². The van der Waals surface area contributed by atoms with Crippen molar-refractivity contribution in [1.29, 1.82) is 0 Å². The van der Waals surface area contributed by atoms with Gasteiger partial charge in [-0.1, -0.05) is 23.7 Å². The summed E-state index contributed by atoms with van der Waals surface area (Å²) in [7, 11) is 0. The highest BCUT2D eigenvalue weighted by Gasteiger charge is 2.24. The minimum absolute atomic E-state index is 0.0941. The molecule has 4 heteroatoms. The van der Waals surface area contributed by atoms with Crippen LogP contribution in [0.5, 0.6) is 0 Å². The smallest absolute Gasteiger partial charge is 0.306 e. The largest absolute Gasteiger partial charge is 0.481 e. The molecular weight excluding hydrogens is 276 g/mol. The van der Waals surface area contributed by atoms with Crippen LogP contribution in [0.2, 0.25) is 5.02 Å². The molecule has 3 nitrogen and oxygen atoms in total. The zero-order valence-electron chi connectivity index (χ0n) is 12.5. The third kappa shape index (κ3) is 6.40. The highest BCUT2D eigenvalue weighted by atomic mass is 35.5. The van der Waals surface area contributed by atoms with E-state index < -0.39 is 11.9 Å². The second kappa shape index (κ2) is 7.09. The minimum Gasteiger partial charge on any atom is -0.481 e. The Hall–Kier alpha value is -1.06. The van der Waals surface area contributed by atoms with Crippen LogP contribution in [0.1, 0.15) is 39.7 Å². The summed E-state index contributed by atoms with van der Waals surface area (Å²) in [5.74, 6) is -1.24. The fourth-order valence-corrected chi connectivity index (χ4v) is 2.35. The zero-order chi connectivity index (χ0) is 15.3. The number of carboxylic acids is 1. The number of carboxylic acid groups (broad SMARTS) is 1. The number of carbonyl (C=O) groups is 1. The van der Waals surface area contributed by atoms with Crippen molar-refractivity contribution in [3.8, 4) is 0 Å². The molecule has 2 atom stereocenters. The molecule has 0 aliphatic carbocycles. The predicted molar refractivity (Wildman–Crippen MR) is 81.2 cm³/mol. The summed E-state index contributed by atoms with van der Waals surface area (Å²) in [6, 6.07) is 7.30. The molecule has 0 saturated heterocycles. The number of halogens is 1. The van der Waals surface area contributed by atoms with Gasteiger partial charge in [-0.3, -0.25) is 4.79 Å². The van der Waals surface area contributed by atoms with E-state index in [4.69, 9.17) is 16.3 Å². The van der Waals surface area contributed by atoms with Crippen LogP contribution in [0, 0.1) is 5.92 Å². The third-order valence-corrected chi connectivity index (χ3v) is 3.17. The lowest BCUT2D eigenvalue weighted by atomic mass is 9.94. The number of aliphatic carboxylic acids is 1. The van der Waals surface area contributed by atoms with E-state index in [0.29, 0.717) is 17.9 Å². The second-order valence-electron chi connectivity index (χ2n) is 6.14. The Morgan fingerprint density at radius 1 is 1.30 bits per heavy atom. The molecular formula is C16H23ClO3. The molecule has 0 aliphatic heterocycles. The van der Waals surface area contributed by atoms with Gasteiger partial charge in [0.05, 0.1) is 17.6 Å². The number of hydrogen-bond acceptors (Lipinski definition) is 2. The maximum atomic E-state index is 11.4. The summed E-state index contributed by atoms with van der Waals surface area (Å²) < 4.78 is 5.79. The standard InChI is InChI=1S/C16H23ClO3/c1-11(20-16(2,3)4)9-13(15(18)19)10-12-5-7-14(17)8-6-12/h5-8,11,13H,9-10H2,1-4H3,(H,18,19). The summed E-state index contributed by atoms with van der Waals surface area (Å²) in [6.45, 7) is 7.83. The van der Waals surface area contributed by atoms with Gasteiger partial charge in [-0.15, -0.1) is 0 Å². The summed E-state index contributed by atoms with van der Waals surface area (Å²) in [4.78, 5) is 11.4. The Kier molecular flexibility index (Phi) is 6.03. The van der Waals surface area contributed by atoms with Crippen molar-refractivity contribution in [1.82, 2.24) is 0 Å². The first-order valence-electron chi connectivity index (χ1n) is 6.82. The molecule has 0 radical (unpaired) electrons. The Bertz CT molecular complexity index is 434. The average molecular weight is 299 g/mol. The lowest BCUT2D eigenvalue weighted by Crippen LogP contribution is -2.29. The van der Waals surface area contributed by atoms with Gasteiger partial charge in [-0.25, -0.2) is 0 Å². The van der Waals surface area contributed by atoms with Gasteiger partial charge in [0, 0.05) is 5.02 Å². The Morgan fingerprint density at radius 3 is 2.30 bits per heavy atom. The van der Waals surface area contributed by atoms with E-state index >= 15 is 0 Å². The van der Waals surface area contributed by atoms with E-state index in [-0.39, 0.29) is 11.7 Å². The molecule has 1 aromatic carbocycles. The molecule has 20 heavy (non-hydrogen) atoms. The predicted octanol–water partition coefficient (Wildman–Crippen LogP) is 4.18. The van der Waals surface area contributed by atoms with E-state index in [1.807, 2.05) is 39.8 Å². The van der Waals surface area contributed by atoms with Crippen LogP contribution < -0.4 is 0 Å². The Balaban J connectivity index is 2.65. The lowest BCUT2D eigenvalue weighted by molar-refractivity contribution is -0.144. The first-order chi connectivity index (χ1) is 9.17. The van der Waals surface area contributed by atoms with Gasteiger partial charge in [-0.2, -0.15) is 0 Å². The van der Waals surface area contributed by atoms with Gasteiger partial charge in [0.1, 0.15) is 0 Å². The van der Waals surface area contributed by atoms with Crippen molar-refractivity contribution in [3.63, 3.8) is 0 Å². The summed E-state index contributed by atoms with van der Waals surface area (Å²) >= 11 is 5.83. The first kappa shape index (κ1) is 17.0. The molecule has 1 N–H and O–H groups in total. The zero-order valence-corrected chi connectivity index (χ0v) is 13.3. The minimum atomic E-state index is -0.788. The fraction of sp³-hybridized carbons (Fsp3) is 0.562. The quantitative estimate of drug-likeness (QED) is 0.857. The van der Waals surface area contributed by atoms with Crippen LogP contribution in [-0.2, 0) is 16.0 Å². The van der Waals surface area contributed by atoms with Gasteiger partial charge in [0.15, 0.2) is 0 Å². The molecule has 1 aromatic rings. The topological polar surface area (TPSA) is 46.5 Å². The first-order valence-corrected chi connectivity index (χ1v) is 7.20. The number of benzene rings is 1. The van der Waals surface area contributed by atoms with Crippen LogP contribution in [0.15, 0.2) is 24.3 Å². The molecule has 0 heterocycles. The number of rotatable bonds is 6. The van der Waals surface area contributed by atoms with Crippen LogP contribution in [0.4, 0.5) is 0 Å². The van der Waals surface area contributed by atoms with Gasteiger partial charge in [-0.05, 0) is 58.2 Å². The number of ether oxygens (including phenoxy) is 1. The van der Waals surface area contributed by atoms with Crippen LogP contribution in [0.3, 0.4) is 0 Å². The molecule has 112 valence electrons. The Labute approximate surface area is 125 Å². The molecule has 0 fully saturated rings. The highest BCUT2D eigenvalue weighted by molar-refractivity contribution is 6.30.